The molecule has 0 aromatic heterocycles. The minimum Gasteiger partial charge on any atom is -0.393 e. The normalized spacial score (nSPS) is 25.7. The maximum Gasteiger partial charge on any atom is 0.159 e. The molecule has 1 aromatic carbocycles. The zero-order chi connectivity index (χ0) is 11.5. The van der Waals surface area contributed by atoms with Crippen molar-refractivity contribution in [3.8, 4) is 0 Å². The molecule has 2 atom stereocenters. The third kappa shape index (κ3) is 2.79. The van der Waals surface area contributed by atoms with E-state index in [4.69, 9.17) is 0 Å². The van der Waals surface area contributed by atoms with Crippen molar-refractivity contribution < 1.29 is 13.9 Å². The van der Waals surface area contributed by atoms with E-state index < -0.39 is 11.6 Å². The van der Waals surface area contributed by atoms with Gasteiger partial charge in [-0.2, -0.15) is 0 Å². The Morgan fingerprint density at radius 3 is 2.69 bits per heavy atom. The molecule has 0 aliphatic heterocycles. The van der Waals surface area contributed by atoms with Crippen molar-refractivity contribution in [2.75, 3.05) is 0 Å². The van der Waals surface area contributed by atoms with Gasteiger partial charge < -0.3 is 5.11 Å². The molecule has 1 nitrogen and oxygen atoms in total. The van der Waals surface area contributed by atoms with Gasteiger partial charge in [-0.15, -0.1) is 0 Å². The maximum absolute atomic E-state index is 13.0. The third-order valence-corrected chi connectivity index (χ3v) is 3.26. The monoisotopic (exact) mass is 226 g/mol. The summed E-state index contributed by atoms with van der Waals surface area (Å²) in [6.45, 7) is 0. The van der Waals surface area contributed by atoms with Gasteiger partial charge >= 0.3 is 0 Å². The van der Waals surface area contributed by atoms with Crippen molar-refractivity contribution in [3.63, 3.8) is 0 Å². The molecule has 16 heavy (non-hydrogen) atoms. The van der Waals surface area contributed by atoms with Gasteiger partial charge in [-0.05, 0) is 49.3 Å². The molecule has 0 heterocycles. The fourth-order valence-electron chi connectivity index (χ4n) is 2.45. The number of halogens is 2. The first-order valence-corrected chi connectivity index (χ1v) is 5.77. The van der Waals surface area contributed by atoms with Gasteiger partial charge in [0.15, 0.2) is 11.6 Å². The van der Waals surface area contributed by atoms with Crippen LogP contribution >= 0.6 is 0 Å². The lowest BCUT2D eigenvalue weighted by Gasteiger charge is -2.25. The Balaban J connectivity index is 2.00. The quantitative estimate of drug-likeness (QED) is 0.821. The number of rotatable bonds is 2. The van der Waals surface area contributed by atoms with Crippen LogP contribution in [0.5, 0.6) is 0 Å². The number of benzene rings is 1. The minimum atomic E-state index is -0.799. The Bertz CT molecular complexity index is 365. The summed E-state index contributed by atoms with van der Waals surface area (Å²) in [6, 6.07) is 4.06. The van der Waals surface area contributed by atoms with E-state index in [0.717, 1.165) is 37.7 Å². The predicted molar refractivity (Wildman–Crippen MR) is 58.0 cm³/mol. The van der Waals surface area contributed by atoms with Crippen molar-refractivity contribution in [1.82, 2.24) is 0 Å². The Labute approximate surface area is 94.1 Å². The molecule has 0 radical (unpaired) electrons. The van der Waals surface area contributed by atoms with Crippen LogP contribution < -0.4 is 0 Å². The van der Waals surface area contributed by atoms with Gasteiger partial charge in [0.05, 0.1) is 6.10 Å². The van der Waals surface area contributed by atoms with Crippen LogP contribution in [-0.2, 0) is 6.42 Å². The highest BCUT2D eigenvalue weighted by Crippen LogP contribution is 2.27. The second kappa shape index (κ2) is 4.91. The van der Waals surface area contributed by atoms with Crippen LogP contribution in [0, 0.1) is 17.6 Å². The van der Waals surface area contributed by atoms with E-state index in [0.29, 0.717) is 5.92 Å². The third-order valence-electron chi connectivity index (χ3n) is 3.26. The molecule has 0 saturated heterocycles. The van der Waals surface area contributed by atoms with Crippen molar-refractivity contribution in [2.45, 2.75) is 38.2 Å². The zero-order valence-electron chi connectivity index (χ0n) is 9.13. The maximum atomic E-state index is 13.0. The summed E-state index contributed by atoms with van der Waals surface area (Å²) < 4.78 is 25.7. The highest BCUT2D eigenvalue weighted by atomic mass is 19.2. The first-order valence-electron chi connectivity index (χ1n) is 5.77. The summed E-state index contributed by atoms with van der Waals surface area (Å²) in [4.78, 5) is 0. The fourth-order valence-corrected chi connectivity index (χ4v) is 2.45. The molecule has 0 amide bonds. The largest absolute Gasteiger partial charge is 0.393 e. The number of hydrogen-bond acceptors (Lipinski definition) is 1. The van der Waals surface area contributed by atoms with Crippen LogP contribution in [0.15, 0.2) is 18.2 Å². The number of hydrogen-bond donors (Lipinski definition) is 1. The lowest BCUT2D eigenvalue weighted by atomic mass is 9.83. The van der Waals surface area contributed by atoms with Crippen molar-refractivity contribution in [2.24, 2.45) is 5.92 Å². The molecule has 2 unspecified atom stereocenters. The molecule has 1 aromatic rings. The van der Waals surface area contributed by atoms with Gasteiger partial charge in [0.25, 0.3) is 0 Å². The van der Waals surface area contributed by atoms with E-state index in [-0.39, 0.29) is 6.10 Å². The van der Waals surface area contributed by atoms with E-state index in [1.807, 2.05) is 0 Å². The van der Waals surface area contributed by atoms with Gasteiger partial charge in [-0.1, -0.05) is 12.5 Å². The molecule has 1 aliphatic rings. The van der Waals surface area contributed by atoms with Gasteiger partial charge in [-0.25, -0.2) is 8.78 Å². The van der Waals surface area contributed by atoms with E-state index in [2.05, 4.69) is 0 Å². The van der Waals surface area contributed by atoms with Crippen LogP contribution in [0.2, 0.25) is 0 Å². The molecule has 1 fully saturated rings. The van der Waals surface area contributed by atoms with Gasteiger partial charge in [0, 0.05) is 0 Å². The van der Waals surface area contributed by atoms with Gasteiger partial charge in [-0.3, -0.25) is 0 Å². The van der Waals surface area contributed by atoms with Crippen LogP contribution in [0.3, 0.4) is 0 Å². The molecule has 2 rings (SSSR count). The second-order valence-electron chi connectivity index (χ2n) is 4.64. The summed E-state index contributed by atoms with van der Waals surface area (Å²) in [5.74, 6) is -1.19. The van der Waals surface area contributed by atoms with E-state index >= 15 is 0 Å². The fraction of sp³-hybridized carbons (Fsp3) is 0.538. The van der Waals surface area contributed by atoms with Crippen LogP contribution in [0.25, 0.3) is 0 Å². The first kappa shape index (κ1) is 11.5. The predicted octanol–water partition coefficient (Wildman–Crippen LogP) is 3.06. The van der Waals surface area contributed by atoms with Crippen molar-refractivity contribution in [3.05, 3.63) is 35.4 Å². The molecule has 0 spiro atoms. The smallest absolute Gasteiger partial charge is 0.159 e. The van der Waals surface area contributed by atoms with Crippen LogP contribution in [-0.4, -0.2) is 11.2 Å². The van der Waals surface area contributed by atoms with Crippen LogP contribution in [0.4, 0.5) is 8.78 Å². The van der Waals surface area contributed by atoms with E-state index in [1.54, 1.807) is 6.07 Å². The van der Waals surface area contributed by atoms with E-state index in [1.165, 1.54) is 12.1 Å². The standard InChI is InChI=1S/C13H16F2O/c14-12-5-4-10(8-13(12)15)6-9-2-1-3-11(16)7-9/h4-5,8-9,11,16H,1-3,6-7H2. The minimum absolute atomic E-state index is 0.218. The topological polar surface area (TPSA) is 20.2 Å². The molecule has 1 aliphatic carbocycles. The van der Waals surface area contributed by atoms with Crippen molar-refractivity contribution >= 4 is 0 Å². The van der Waals surface area contributed by atoms with Gasteiger partial charge in [0.1, 0.15) is 0 Å². The molecular formula is C13H16F2O. The van der Waals surface area contributed by atoms with Crippen LogP contribution in [0.1, 0.15) is 31.2 Å². The second-order valence-corrected chi connectivity index (χ2v) is 4.64. The Morgan fingerprint density at radius 1 is 1.19 bits per heavy atom. The molecule has 1 saturated carbocycles. The lowest BCUT2D eigenvalue weighted by molar-refractivity contribution is 0.101. The summed E-state index contributed by atoms with van der Waals surface area (Å²) in [6.07, 6.45) is 4.25. The Kier molecular flexibility index (Phi) is 3.54. The van der Waals surface area contributed by atoms with Gasteiger partial charge in [0.2, 0.25) is 0 Å². The lowest BCUT2D eigenvalue weighted by Crippen LogP contribution is -2.21. The molecular weight excluding hydrogens is 210 g/mol. The van der Waals surface area contributed by atoms with Crippen molar-refractivity contribution in [1.29, 1.82) is 0 Å². The van der Waals surface area contributed by atoms with E-state index in [9.17, 15) is 13.9 Å². The number of aliphatic hydroxyl groups excluding tert-OH is 1. The highest BCUT2D eigenvalue weighted by Gasteiger charge is 2.20. The number of aliphatic hydroxyl groups is 1. The average Bonchev–Trinajstić information content (AvgIpc) is 2.24. The molecule has 0 bridgehead atoms. The molecule has 3 heteroatoms. The molecule has 1 N–H and O–H groups in total. The summed E-state index contributed by atoms with van der Waals surface area (Å²) in [5.41, 5.74) is 0.818. The SMILES string of the molecule is OC1CCCC(Cc2ccc(F)c(F)c2)C1. The Morgan fingerprint density at radius 2 is 2.00 bits per heavy atom. The summed E-state index contributed by atoms with van der Waals surface area (Å²) in [7, 11) is 0. The average molecular weight is 226 g/mol. The molecule has 88 valence electrons. The zero-order valence-corrected chi connectivity index (χ0v) is 9.13. The highest BCUT2D eigenvalue weighted by molar-refractivity contribution is 5.18. The Hall–Kier alpha value is -0.960. The first-order chi connectivity index (χ1) is 7.65. The summed E-state index contributed by atoms with van der Waals surface area (Å²) in [5, 5.41) is 9.52. The summed E-state index contributed by atoms with van der Waals surface area (Å²) >= 11 is 0.